The molecule has 0 spiro atoms. The van der Waals surface area contributed by atoms with Gasteiger partial charge in [0.15, 0.2) is 0 Å². The normalized spacial score (nSPS) is 21.6. The molecule has 0 radical (unpaired) electrons. The highest BCUT2D eigenvalue weighted by molar-refractivity contribution is 5.98. The lowest BCUT2D eigenvalue weighted by atomic mass is 9.92. The first-order valence-corrected chi connectivity index (χ1v) is 6.96. The summed E-state index contributed by atoms with van der Waals surface area (Å²) in [6, 6.07) is 0.252. The first-order valence-electron chi connectivity index (χ1n) is 6.96. The molecule has 1 aromatic heterocycles. The van der Waals surface area contributed by atoms with E-state index in [2.05, 4.69) is 24.3 Å². The lowest BCUT2D eigenvalue weighted by Crippen LogP contribution is -2.35. The van der Waals surface area contributed by atoms with Gasteiger partial charge in [0.1, 0.15) is 5.69 Å². The van der Waals surface area contributed by atoms with Crippen LogP contribution in [0, 0.1) is 5.41 Å². The maximum atomic E-state index is 12.3. The van der Waals surface area contributed by atoms with Crippen LogP contribution in [0.3, 0.4) is 0 Å². The molecule has 1 fully saturated rings. The minimum Gasteiger partial charge on any atom is -0.395 e. The number of anilines is 1. The molecule has 2 rings (SSSR count). The lowest BCUT2D eigenvalue weighted by Gasteiger charge is -2.18. The Morgan fingerprint density at radius 2 is 2.26 bits per heavy atom. The van der Waals surface area contributed by atoms with E-state index in [1.165, 1.54) is 0 Å². The number of nitrogens with one attached hydrogen (secondary N) is 1. The monoisotopic (exact) mass is 264 g/mol. The molecule has 5 heteroatoms. The molecule has 1 aromatic rings. The van der Waals surface area contributed by atoms with Crippen LogP contribution < -0.4 is 11.1 Å². The van der Waals surface area contributed by atoms with Crippen LogP contribution in [0.5, 0.6) is 0 Å². The summed E-state index contributed by atoms with van der Waals surface area (Å²) in [7, 11) is 1.77. The van der Waals surface area contributed by atoms with E-state index in [1.54, 1.807) is 11.7 Å². The number of rotatable bonds is 3. The third kappa shape index (κ3) is 2.74. The number of hydrogen-bond acceptors (Lipinski definition) is 3. The van der Waals surface area contributed by atoms with Crippen LogP contribution in [-0.2, 0) is 13.5 Å². The first-order chi connectivity index (χ1) is 8.84. The molecule has 0 aromatic carbocycles. The number of aromatic nitrogens is 2. The minimum absolute atomic E-state index is 0.102. The fourth-order valence-corrected chi connectivity index (χ4v) is 2.94. The van der Waals surface area contributed by atoms with Crippen molar-refractivity contribution in [3.8, 4) is 0 Å². The predicted octanol–water partition coefficient (Wildman–Crippen LogP) is 1.87. The molecule has 1 aliphatic carbocycles. The number of nitrogen functional groups attached to an aromatic ring is 1. The SMILES string of the molecule is CCc1nn(C)c(C(=O)NC2CCC(C)(C)C2)c1N. The van der Waals surface area contributed by atoms with Gasteiger partial charge in [0.2, 0.25) is 0 Å². The largest absolute Gasteiger partial charge is 0.395 e. The molecule has 1 unspecified atom stereocenters. The molecule has 1 heterocycles. The number of nitrogens with zero attached hydrogens (tertiary/aromatic N) is 2. The highest BCUT2D eigenvalue weighted by Gasteiger charge is 2.32. The Balaban J connectivity index is 2.11. The number of aryl methyl sites for hydroxylation is 2. The van der Waals surface area contributed by atoms with Crippen LogP contribution in [0.1, 0.15) is 56.2 Å². The zero-order valence-electron chi connectivity index (χ0n) is 12.3. The maximum Gasteiger partial charge on any atom is 0.271 e. The van der Waals surface area contributed by atoms with E-state index in [1.807, 2.05) is 6.92 Å². The van der Waals surface area contributed by atoms with Gasteiger partial charge in [-0.25, -0.2) is 0 Å². The van der Waals surface area contributed by atoms with Crippen molar-refractivity contribution in [2.24, 2.45) is 12.5 Å². The summed E-state index contributed by atoms with van der Waals surface area (Å²) in [5, 5.41) is 7.37. The van der Waals surface area contributed by atoms with Gasteiger partial charge in [-0.2, -0.15) is 5.10 Å². The average Bonchev–Trinajstić information content (AvgIpc) is 2.78. The zero-order valence-corrected chi connectivity index (χ0v) is 12.3. The fourth-order valence-electron chi connectivity index (χ4n) is 2.94. The van der Waals surface area contributed by atoms with E-state index < -0.39 is 0 Å². The molecule has 1 saturated carbocycles. The van der Waals surface area contributed by atoms with E-state index in [-0.39, 0.29) is 11.9 Å². The Labute approximate surface area is 114 Å². The van der Waals surface area contributed by atoms with Crippen LogP contribution in [0.25, 0.3) is 0 Å². The molecule has 19 heavy (non-hydrogen) atoms. The second-order valence-electron chi connectivity index (χ2n) is 6.26. The summed E-state index contributed by atoms with van der Waals surface area (Å²) in [6.45, 7) is 6.47. The zero-order chi connectivity index (χ0) is 14.2. The molecule has 0 bridgehead atoms. The van der Waals surface area contributed by atoms with Crippen molar-refractivity contribution in [3.63, 3.8) is 0 Å². The highest BCUT2D eigenvalue weighted by atomic mass is 16.2. The number of nitrogens with two attached hydrogens (primary N) is 1. The Kier molecular flexibility index (Phi) is 3.56. The molecule has 106 valence electrons. The average molecular weight is 264 g/mol. The maximum absolute atomic E-state index is 12.3. The Hall–Kier alpha value is -1.52. The third-order valence-electron chi connectivity index (χ3n) is 4.01. The Morgan fingerprint density at radius 3 is 2.74 bits per heavy atom. The smallest absolute Gasteiger partial charge is 0.271 e. The first kappa shape index (κ1) is 13.9. The van der Waals surface area contributed by atoms with E-state index in [0.29, 0.717) is 16.8 Å². The summed E-state index contributed by atoms with van der Waals surface area (Å²) >= 11 is 0. The second-order valence-corrected chi connectivity index (χ2v) is 6.26. The molecule has 1 aliphatic rings. The van der Waals surface area contributed by atoms with E-state index >= 15 is 0 Å². The predicted molar refractivity (Wildman–Crippen MR) is 75.9 cm³/mol. The van der Waals surface area contributed by atoms with Crippen LogP contribution in [0.4, 0.5) is 5.69 Å². The summed E-state index contributed by atoms with van der Waals surface area (Å²) in [5.41, 5.74) is 8.12. The van der Waals surface area contributed by atoms with Gasteiger partial charge < -0.3 is 11.1 Å². The van der Waals surface area contributed by atoms with E-state index in [4.69, 9.17) is 5.73 Å². The standard InChI is InChI=1S/C14H24N4O/c1-5-10-11(15)12(18(4)17-10)13(19)16-9-6-7-14(2,3)8-9/h9H,5-8,15H2,1-4H3,(H,16,19). The van der Waals surface area contributed by atoms with Gasteiger partial charge in [0.05, 0.1) is 11.4 Å². The molecular weight excluding hydrogens is 240 g/mol. The van der Waals surface area contributed by atoms with Crippen molar-refractivity contribution < 1.29 is 4.79 Å². The molecule has 0 saturated heterocycles. The molecular formula is C14H24N4O. The third-order valence-corrected chi connectivity index (χ3v) is 4.01. The quantitative estimate of drug-likeness (QED) is 0.875. The van der Waals surface area contributed by atoms with Gasteiger partial charge in [0.25, 0.3) is 5.91 Å². The highest BCUT2D eigenvalue weighted by Crippen LogP contribution is 2.37. The molecule has 0 aliphatic heterocycles. The molecule has 1 amide bonds. The van der Waals surface area contributed by atoms with Crippen molar-refractivity contribution in [2.75, 3.05) is 5.73 Å². The van der Waals surface area contributed by atoms with Crippen molar-refractivity contribution in [2.45, 2.75) is 52.5 Å². The van der Waals surface area contributed by atoms with Crippen molar-refractivity contribution in [1.82, 2.24) is 15.1 Å². The second kappa shape index (κ2) is 4.87. The summed E-state index contributed by atoms with van der Waals surface area (Å²) in [4.78, 5) is 12.3. The summed E-state index contributed by atoms with van der Waals surface area (Å²) in [6.07, 6.45) is 3.96. The lowest BCUT2D eigenvalue weighted by molar-refractivity contribution is 0.0927. The van der Waals surface area contributed by atoms with Gasteiger partial charge in [-0.3, -0.25) is 9.48 Å². The van der Waals surface area contributed by atoms with Crippen molar-refractivity contribution in [1.29, 1.82) is 0 Å². The van der Waals surface area contributed by atoms with Crippen LogP contribution in [0.15, 0.2) is 0 Å². The van der Waals surface area contributed by atoms with Crippen LogP contribution in [0.2, 0.25) is 0 Å². The number of carbonyl (C=O) groups is 1. The number of hydrogen-bond donors (Lipinski definition) is 2. The van der Waals surface area contributed by atoms with Gasteiger partial charge in [-0.05, 0) is 31.1 Å². The Morgan fingerprint density at radius 1 is 1.58 bits per heavy atom. The fraction of sp³-hybridized carbons (Fsp3) is 0.714. The van der Waals surface area contributed by atoms with Gasteiger partial charge in [-0.1, -0.05) is 20.8 Å². The summed E-state index contributed by atoms with van der Waals surface area (Å²) in [5.74, 6) is -0.102. The topological polar surface area (TPSA) is 72.9 Å². The van der Waals surface area contributed by atoms with E-state index in [9.17, 15) is 4.79 Å². The molecule has 1 atom stereocenters. The van der Waals surface area contributed by atoms with Crippen molar-refractivity contribution in [3.05, 3.63) is 11.4 Å². The van der Waals surface area contributed by atoms with E-state index in [0.717, 1.165) is 31.4 Å². The minimum atomic E-state index is -0.102. The van der Waals surface area contributed by atoms with Crippen LogP contribution in [-0.4, -0.2) is 21.7 Å². The van der Waals surface area contributed by atoms with Gasteiger partial charge in [-0.15, -0.1) is 0 Å². The molecule has 5 nitrogen and oxygen atoms in total. The van der Waals surface area contributed by atoms with Crippen molar-refractivity contribution >= 4 is 11.6 Å². The van der Waals surface area contributed by atoms with Gasteiger partial charge in [0, 0.05) is 13.1 Å². The Bertz CT molecular complexity index is 490. The van der Waals surface area contributed by atoms with Gasteiger partial charge >= 0.3 is 0 Å². The number of carbonyl (C=O) groups excluding carboxylic acids is 1. The number of amides is 1. The van der Waals surface area contributed by atoms with Crippen LogP contribution >= 0.6 is 0 Å². The molecule has 3 N–H and O–H groups in total. The summed E-state index contributed by atoms with van der Waals surface area (Å²) < 4.78 is 1.59.